The number of nitrogens with zero attached hydrogens (tertiary/aromatic N) is 2. The molecular formula is C19H28N6O3. The lowest BCUT2D eigenvalue weighted by atomic mass is 9.99. The van der Waals surface area contributed by atoms with E-state index in [-0.39, 0.29) is 36.9 Å². The van der Waals surface area contributed by atoms with E-state index in [4.69, 9.17) is 4.74 Å². The molecule has 0 spiro atoms. The van der Waals surface area contributed by atoms with Crippen molar-refractivity contribution in [3.05, 3.63) is 35.9 Å². The molecule has 9 heteroatoms. The van der Waals surface area contributed by atoms with Gasteiger partial charge in [0.1, 0.15) is 6.29 Å². The van der Waals surface area contributed by atoms with E-state index < -0.39 is 0 Å². The van der Waals surface area contributed by atoms with Crippen LogP contribution in [-0.2, 0) is 16.1 Å². The first-order valence-corrected chi connectivity index (χ1v) is 9.89. The zero-order valence-electron chi connectivity index (χ0n) is 15.9. The molecule has 28 heavy (non-hydrogen) atoms. The van der Waals surface area contributed by atoms with Gasteiger partial charge in [0.05, 0.1) is 31.8 Å². The van der Waals surface area contributed by atoms with E-state index in [0.29, 0.717) is 6.54 Å². The minimum absolute atomic E-state index is 0.143. The zero-order valence-corrected chi connectivity index (χ0v) is 15.9. The third-order valence-corrected chi connectivity index (χ3v) is 5.46. The van der Waals surface area contributed by atoms with Crippen LogP contribution in [0.5, 0.6) is 0 Å². The van der Waals surface area contributed by atoms with E-state index in [0.717, 1.165) is 45.0 Å². The molecule has 1 aromatic rings. The number of hydrogen-bond donors (Lipinski definition) is 4. The van der Waals surface area contributed by atoms with Gasteiger partial charge in [0, 0.05) is 32.7 Å². The van der Waals surface area contributed by atoms with Gasteiger partial charge in [-0.2, -0.15) is 0 Å². The number of amides is 3. The molecule has 0 aliphatic carbocycles. The Morgan fingerprint density at radius 2 is 1.93 bits per heavy atom. The number of carbonyl (C=O) groups is 2. The molecule has 0 bridgehead atoms. The highest BCUT2D eigenvalue weighted by atomic mass is 16.5. The number of nitrogens with one attached hydrogen (secondary N) is 4. The van der Waals surface area contributed by atoms with Gasteiger partial charge in [0.15, 0.2) is 0 Å². The van der Waals surface area contributed by atoms with Gasteiger partial charge in [0.2, 0.25) is 5.91 Å². The van der Waals surface area contributed by atoms with Crippen molar-refractivity contribution < 1.29 is 14.3 Å². The number of carbonyl (C=O) groups excluding carboxylic acids is 2. The number of fused-ring (bicyclic) bond motifs is 1. The van der Waals surface area contributed by atoms with Crippen LogP contribution >= 0.6 is 0 Å². The fourth-order valence-electron chi connectivity index (χ4n) is 3.84. The summed E-state index contributed by atoms with van der Waals surface area (Å²) < 4.78 is 5.36. The average Bonchev–Trinajstić information content (AvgIpc) is 2.72. The number of urea groups is 1. The Morgan fingerprint density at radius 1 is 1.14 bits per heavy atom. The lowest BCUT2D eigenvalue weighted by molar-refractivity contribution is -0.137. The normalized spacial score (nSPS) is 28.7. The largest absolute Gasteiger partial charge is 0.379 e. The Kier molecular flexibility index (Phi) is 6.18. The van der Waals surface area contributed by atoms with Crippen molar-refractivity contribution in [2.24, 2.45) is 5.92 Å². The highest BCUT2D eigenvalue weighted by Crippen LogP contribution is 2.18. The van der Waals surface area contributed by atoms with Gasteiger partial charge in [-0.25, -0.2) is 4.79 Å². The number of benzene rings is 1. The fourth-order valence-corrected chi connectivity index (χ4v) is 3.84. The highest BCUT2D eigenvalue weighted by molar-refractivity contribution is 5.98. The van der Waals surface area contributed by atoms with Crippen LogP contribution in [0.25, 0.3) is 0 Å². The smallest absolute Gasteiger partial charge is 0.325 e. The second-order valence-electron chi connectivity index (χ2n) is 7.36. The van der Waals surface area contributed by atoms with Gasteiger partial charge in [-0.15, -0.1) is 0 Å². The Labute approximate surface area is 164 Å². The maximum Gasteiger partial charge on any atom is 0.325 e. The van der Waals surface area contributed by atoms with Crippen molar-refractivity contribution in [3.63, 3.8) is 0 Å². The molecule has 9 nitrogen and oxygen atoms in total. The SMILES string of the molecule is O=C1NC2NC(NCCN3CCOCC3)NCC2C(=O)N1Cc1ccccc1. The molecule has 0 aromatic heterocycles. The first-order valence-electron chi connectivity index (χ1n) is 9.89. The summed E-state index contributed by atoms with van der Waals surface area (Å²) in [5.74, 6) is -0.469. The molecule has 4 N–H and O–H groups in total. The standard InChI is InChI=1S/C19H28N6O3/c26-17-15-12-21-18(20-6-7-24-8-10-28-11-9-24)22-16(15)23-19(27)25(17)13-14-4-2-1-3-5-14/h1-5,15-16,18,20-22H,6-13H2,(H,23,27). The van der Waals surface area contributed by atoms with E-state index in [1.807, 2.05) is 30.3 Å². The Balaban J connectivity index is 1.27. The van der Waals surface area contributed by atoms with Crippen molar-refractivity contribution in [1.82, 2.24) is 31.1 Å². The molecule has 3 fully saturated rings. The summed E-state index contributed by atoms with van der Waals surface area (Å²) in [4.78, 5) is 29.0. The maximum absolute atomic E-state index is 12.8. The second kappa shape index (κ2) is 8.97. The molecule has 0 radical (unpaired) electrons. The molecular weight excluding hydrogens is 360 g/mol. The van der Waals surface area contributed by atoms with Crippen molar-refractivity contribution in [2.75, 3.05) is 45.9 Å². The van der Waals surface area contributed by atoms with E-state index in [9.17, 15) is 9.59 Å². The minimum atomic E-state index is -0.367. The summed E-state index contributed by atoms with van der Waals surface area (Å²) in [6.07, 6.45) is -0.509. The molecule has 152 valence electrons. The zero-order chi connectivity index (χ0) is 19.3. The fraction of sp³-hybridized carbons (Fsp3) is 0.579. The van der Waals surface area contributed by atoms with Crippen molar-refractivity contribution in [2.45, 2.75) is 19.0 Å². The van der Waals surface area contributed by atoms with Gasteiger partial charge in [0.25, 0.3) is 0 Å². The number of morpholine rings is 1. The van der Waals surface area contributed by atoms with E-state index >= 15 is 0 Å². The van der Waals surface area contributed by atoms with Crippen molar-refractivity contribution in [1.29, 1.82) is 0 Å². The van der Waals surface area contributed by atoms with Crippen LogP contribution in [0.3, 0.4) is 0 Å². The average molecular weight is 388 g/mol. The number of rotatable bonds is 6. The summed E-state index contributed by atoms with van der Waals surface area (Å²) in [5, 5.41) is 13.0. The van der Waals surface area contributed by atoms with Crippen LogP contribution in [0, 0.1) is 5.92 Å². The van der Waals surface area contributed by atoms with Crippen molar-refractivity contribution in [3.8, 4) is 0 Å². The van der Waals surface area contributed by atoms with Crippen LogP contribution in [0.4, 0.5) is 4.79 Å². The highest BCUT2D eigenvalue weighted by Gasteiger charge is 2.43. The maximum atomic E-state index is 12.8. The summed E-state index contributed by atoms with van der Waals surface area (Å²) >= 11 is 0. The van der Waals surface area contributed by atoms with E-state index in [1.165, 1.54) is 4.90 Å². The van der Waals surface area contributed by atoms with Gasteiger partial charge in [-0.05, 0) is 5.56 Å². The van der Waals surface area contributed by atoms with Gasteiger partial charge >= 0.3 is 6.03 Å². The summed E-state index contributed by atoms with van der Waals surface area (Å²) in [7, 11) is 0. The lowest BCUT2D eigenvalue weighted by Gasteiger charge is -2.43. The van der Waals surface area contributed by atoms with Crippen LogP contribution in [-0.4, -0.2) is 80.1 Å². The molecule has 3 aliphatic rings. The number of imide groups is 1. The van der Waals surface area contributed by atoms with E-state index in [2.05, 4.69) is 26.2 Å². The summed E-state index contributed by atoms with van der Waals surface area (Å²) in [6, 6.07) is 9.20. The van der Waals surface area contributed by atoms with Crippen LogP contribution < -0.4 is 21.3 Å². The third kappa shape index (κ3) is 4.50. The predicted octanol–water partition coefficient (Wildman–Crippen LogP) is -0.921. The molecule has 3 unspecified atom stereocenters. The molecule has 4 rings (SSSR count). The lowest BCUT2D eigenvalue weighted by Crippen LogP contribution is -2.74. The quantitative estimate of drug-likeness (QED) is 0.500. The first kappa shape index (κ1) is 19.3. The molecule has 0 saturated carbocycles. The topological polar surface area (TPSA) is 98.0 Å². The number of ether oxygens (including phenoxy) is 1. The van der Waals surface area contributed by atoms with Crippen molar-refractivity contribution >= 4 is 11.9 Å². The Hall–Kier alpha value is -2.04. The molecule has 3 amide bonds. The first-order chi connectivity index (χ1) is 13.7. The van der Waals surface area contributed by atoms with Gasteiger partial charge < -0.3 is 10.1 Å². The number of hydrogen-bond acceptors (Lipinski definition) is 7. The summed E-state index contributed by atoms with van der Waals surface area (Å²) in [6.45, 7) is 6.04. The minimum Gasteiger partial charge on any atom is -0.379 e. The monoisotopic (exact) mass is 388 g/mol. The predicted molar refractivity (Wildman–Crippen MR) is 103 cm³/mol. The van der Waals surface area contributed by atoms with Gasteiger partial charge in [-0.3, -0.25) is 30.5 Å². The van der Waals surface area contributed by atoms with Gasteiger partial charge in [-0.1, -0.05) is 30.3 Å². The van der Waals surface area contributed by atoms with Crippen LogP contribution in [0.15, 0.2) is 30.3 Å². The Bertz CT molecular complexity index is 682. The summed E-state index contributed by atoms with van der Waals surface area (Å²) in [5.41, 5.74) is 0.934. The van der Waals surface area contributed by atoms with Crippen LogP contribution in [0.2, 0.25) is 0 Å². The van der Waals surface area contributed by atoms with Crippen LogP contribution in [0.1, 0.15) is 5.56 Å². The molecule has 3 saturated heterocycles. The van der Waals surface area contributed by atoms with E-state index in [1.54, 1.807) is 0 Å². The molecule has 3 aliphatic heterocycles. The third-order valence-electron chi connectivity index (χ3n) is 5.46. The molecule has 3 atom stereocenters. The molecule has 3 heterocycles. The second-order valence-corrected chi connectivity index (χ2v) is 7.36. The molecule has 1 aromatic carbocycles. The Morgan fingerprint density at radius 3 is 2.71 bits per heavy atom.